The Hall–Kier alpha value is -1.69. The zero-order valence-corrected chi connectivity index (χ0v) is 11.3. The number of aryl methyl sites for hydroxylation is 1. The van der Waals surface area contributed by atoms with Crippen molar-refractivity contribution in [3.05, 3.63) is 18.3 Å². The average Bonchev–Trinajstić information content (AvgIpc) is 3.07. The molecule has 6 heteroatoms. The molecule has 0 amide bonds. The minimum absolute atomic E-state index is 0.330. The van der Waals surface area contributed by atoms with Crippen molar-refractivity contribution < 1.29 is 4.52 Å². The first-order chi connectivity index (χ1) is 9.28. The topological polar surface area (TPSA) is 68.8 Å². The number of likely N-dealkylation sites (N-methyl/N-ethyl adjacent to an activating group) is 1. The zero-order valence-electron chi connectivity index (χ0n) is 11.3. The molecule has 3 rings (SSSR count). The summed E-state index contributed by atoms with van der Waals surface area (Å²) in [4.78, 5) is 4.54. The summed E-state index contributed by atoms with van der Waals surface area (Å²) < 4.78 is 7.20. The second-order valence-corrected chi connectivity index (χ2v) is 5.15. The Morgan fingerprint density at radius 1 is 1.37 bits per heavy atom. The minimum Gasteiger partial charge on any atom is -0.339 e. The van der Waals surface area contributed by atoms with Gasteiger partial charge < -0.3 is 9.84 Å². The molecule has 1 aliphatic rings. The van der Waals surface area contributed by atoms with Crippen LogP contribution in [0, 0.1) is 0 Å². The highest BCUT2D eigenvalue weighted by Gasteiger charge is 2.30. The Labute approximate surface area is 112 Å². The first-order valence-electron chi connectivity index (χ1n) is 6.78. The molecular weight excluding hydrogens is 242 g/mol. The third-order valence-electron chi connectivity index (χ3n) is 3.86. The standard InChI is InChI=1S/C13H19N5O/c1-14-11-6-4-3-5-10(11)13-16-12(17-19-13)9-7-15-18(2)8-9/h7-8,10-11,14H,3-6H2,1-2H3. The maximum absolute atomic E-state index is 5.46. The molecule has 0 radical (unpaired) electrons. The molecule has 1 N–H and O–H groups in total. The summed E-state index contributed by atoms with van der Waals surface area (Å²) in [6, 6.07) is 0.441. The van der Waals surface area contributed by atoms with E-state index in [-0.39, 0.29) is 0 Å². The van der Waals surface area contributed by atoms with Gasteiger partial charge in [-0.15, -0.1) is 0 Å². The molecule has 2 aromatic heterocycles. The smallest absolute Gasteiger partial charge is 0.231 e. The molecule has 2 atom stereocenters. The van der Waals surface area contributed by atoms with E-state index in [9.17, 15) is 0 Å². The van der Waals surface area contributed by atoms with Crippen molar-refractivity contribution in [1.29, 1.82) is 0 Å². The van der Waals surface area contributed by atoms with E-state index < -0.39 is 0 Å². The summed E-state index contributed by atoms with van der Waals surface area (Å²) >= 11 is 0. The van der Waals surface area contributed by atoms with Crippen LogP contribution in [-0.2, 0) is 7.05 Å². The van der Waals surface area contributed by atoms with E-state index in [1.165, 1.54) is 19.3 Å². The lowest BCUT2D eigenvalue weighted by molar-refractivity contribution is 0.270. The summed E-state index contributed by atoms with van der Waals surface area (Å²) in [6.07, 6.45) is 8.43. The highest BCUT2D eigenvalue weighted by Crippen LogP contribution is 2.32. The molecule has 1 fully saturated rings. The van der Waals surface area contributed by atoms with Gasteiger partial charge in [-0.2, -0.15) is 10.1 Å². The van der Waals surface area contributed by atoms with E-state index in [4.69, 9.17) is 4.52 Å². The van der Waals surface area contributed by atoms with Gasteiger partial charge in [0.1, 0.15) is 0 Å². The molecule has 1 aliphatic carbocycles. The van der Waals surface area contributed by atoms with Crippen molar-refractivity contribution in [3.63, 3.8) is 0 Å². The van der Waals surface area contributed by atoms with Crippen LogP contribution in [0.3, 0.4) is 0 Å². The lowest BCUT2D eigenvalue weighted by atomic mass is 9.84. The fourth-order valence-corrected chi connectivity index (χ4v) is 2.81. The zero-order chi connectivity index (χ0) is 13.2. The summed E-state index contributed by atoms with van der Waals surface area (Å²) in [5, 5.41) is 11.6. The largest absolute Gasteiger partial charge is 0.339 e. The monoisotopic (exact) mass is 261 g/mol. The number of hydrogen-bond donors (Lipinski definition) is 1. The maximum Gasteiger partial charge on any atom is 0.231 e. The first kappa shape index (κ1) is 12.3. The summed E-state index contributed by atoms with van der Waals surface area (Å²) in [7, 11) is 3.88. The van der Waals surface area contributed by atoms with Crippen LogP contribution in [0.5, 0.6) is 0 Å². The summed E-state index contributed by atoms with van der Waals surface area (Å²) in [5.74, 6) is 1.71. The number of hydrogen-bond acceptors (Lipinski definition) is 5. The molecule has 0 aromatic carbocycles. The van der Waals surface area contributed by atoms with Gasteiger partial charge in [-0.3, -0.25) is 4.68 Å². The average molecular weight is 261 g/mol. The van der Waals surface area contributed by atoms with Crippen LogP contribution in [0.15, 0.2) is 16.9 Å². The molecule has 2 unspecified atom stereocenters. The van der Waals surface area contributed by atoms with Crippen molar-refractivity contribution >= 4 is 0 Å². The molecule has 1 saturated carbocycles. The second kappa shape index (κ2) is 5.13. The molecule has 2 aromatic rings. The molecule has 0 saturated heterocycles. The quantitative estimate of drug-likeness (QED) is 0.911. The number of nitrogens with one attached hydrogen (secondary N) is 1. The maximum atomic E-state index is 5.46. The first-order valence-corrected chi connectivity index (χ1v) is 6.78. The highest BCUT2D eigenvalue weighted by atomic mass is 16.5. The van der Waals surface area contributed by atoms with Crippen LogP contribution in [0.2, 0.25) is 0 Å². The normalized spacial score (nSPS) is 23.7. The van der Waals surface area contributed by atoms with Gasteiger partial charge in [0.2, 0.25) is 11.7 Å². The van der Waals surface area contributed by atoms with Gasteiger partial charge in [-0.1, -0.05) is 18.0 Å². The van der Waals surface area contributed by atoms with Crippen LogP contribution in [-0.4, -0.2) is 33.0 Å². The van der Waals surface area contributed by atoms with Crippen LogP contribution >= 0.6 is 0 Å². The van der Waals surface area contributed by atoms with Gasteiger partial charge in [0, 0.05) is 19.3 Å². The molecule has 6 nitrogen and oxygen atoms in total. The van der Waals surface area contributed by atoms with Gasteiger partial charge in [-0.05, 0) is 19.9 Å². The van der Waals surface area contributed by atoms with Crippen LogP contribution in [0.25, 0.3) is 11.4 Å². The van der Waals surface area contributed by atoms with Crippen molar-refractivity contribution in [2.24, 2.45) is 7.05 Å². The van der Waals surface area contributed by atoms with Crippen molar-refractivity contribution in [1.82, 2.24) is 25.2 Å². The van der Waals surface area contributed by atoms with Gasteiger partial charge in [-0.25, -0.2) is 0 Å². The van der Waals surface area contributed by atoms with Crippen molar-refractivity contribution in [3.8, 4) is 11.4 Å². The van der Waals surface area contributed by atoms with Gasteiger partial charge >= 0.3 is 0 Å². The van der Waals surface area contributed by atoms with Crippen LogP contribution in [0.4, 0.5) is 0 Å². The molecule has 0 spiro atoms. The Morgan fingerprint density at radius 3 is 2.95 bits per heavy atom. The van der Waals surface area contributed by atoms with E-state index in [2.05, 4.69) is 20.6 Å². The SMILES string of the molecule is CNC1CCCCC1c1nc(-c2cnn(C)c2)no1. The molecule has 0 bridgehead atoms. The third-order valence-corrected chi connectivity index (χ3v) is 3.86. The van der Waals surface area contributed by atoms with Crippen LogP contribution < -0.4 is 5.32 Å². The summed E-state index contributed by atoms with van der Waals surface area (Å²) in [5.41, 5.74) is 0.898. The number of nitrogens with zero attached hydrogens (tertiary/aromatic N) is 4. The van der Waals surface area contributed by atoms with E-state index in [0.717, 1.165) is 17.9 Å². The fourth-order valence-electron chi connectivity index (χ4n) is 2.81. The summed E-state index contributed by atoms with van der Waals surface area (Å²) in [6.45, 7) is 0. The molecule has 19 heavy (non-hydrogen) atoms. The van der Waals surface area contributed by atoms with Crippen molar-refractivity contribution in [2.45, 2.75) is 37.6 Å². The molecule has 102 valence electrons. The lowest BCUT2D eigenvalue weighted by Gasteiger charge is -2.28. The number of rotatable bonds is 3. The Morgan fingerprint density at radius 2 is 2.21 bits per heavy atom. The predicted octanol–water partition coefficient (Wildman–Crippen LogP) is 1.72. The van der Waals surface area contributed by atoms with Crippen LogP contribution in [0.1, 0.15) is 37.5 Å². The minimum atomic E-state index is 0.330. The molecule has 0 aliphatic heterocycles. The van der Waals surface area contributed by atoms with E-state index in [1.54, 1.807) is 10.9 Å². The van der Waals surface area contributed by atoms with Gasteiger partial charge in [0.25, 0.3) is 0 Å². The van der Waals surface area contributed by atoms with E-state index >= 15 is 0 Å². The second-order valence-electron chi connectivity index (χ2n) is 5.15. The fraction of sp³-hybridized carbons (Fsp3) is 0.615. The lowest BCUT2D eigenvalue weighted by Crippen LogP contribution is -2.34. The Kier molecular flexibility index (Phi) is 3.33. The Bertz CT molecular complexity index is 547. The number of aromatic nitrogens is 4. The van der Waals surface area contributed by atoms with E-state index in [1.807, 2.05) is 20.3 Å². The third kappa shape index (κ3) is 2.40. The Balaban J connectivity index is 1.84. The molecule has 2 heterocycles. The van der Waals surface area contributed by atoms with Gasteiger partial charge in [0.05, 0.1) is 17.7 Å². The highest BCUT2D eigenvalue weighted by molar-refractivity contribution is 5.51. The molecular formula is C13H19N5O. The van der Waals surface area contributed by atoms with Gasteiger partial charge in [0.15, 0.2) is 0 Å². The van der Waals surface area contributed by atoms with Crippen molar-refractivity contribution in [2.75, 3.05) is 7.05 Å². The van der Waals surface area contributed by atoms with E-state index in [0.29, 0.717) is 17.8 Å². The predicted molar refractivity (Wildman–Crippen MR) is 70.6 cm³/mol.